The lowest BCUT2D eigenvalue weighted by Gasteiger charge is -2.37. The number of hydrogen-bond acceptors (Lipinski definition) is 4. The van der Waals surface area contributed by atoms with Crippen LogP contribution in [-0.4, -0.2) is 55.5 Å². The Morgan fingerprint density at radius 1 is 1.28 bits per heavy atom. The molecule has 1 amide bonds. The molecule has 6 nitrogen and oxygen atoms in total. The summed E-state index contributed by atoms with van der Waals surface area (Å²) in [4.78, 5) is 14.6. The highest BCUT2D eigenvalue weighted by molar-refractivity contribution is 7.89. The van der Waals surface area contributed by atoms with Crippen LogP contribution in [0.3, 0.4) is 0 Å². The third-order valence-corrected chi connectivity index (χ3v) is 7.11. The van der Waals surface area contributed by atoms with Crippen molar-refractivity contribution in [3.05, 3.63) is 35.9 Å². The van der Waals surface area contributed by atoms with Crippen LogP contribution in [-0.2, 0) is 14.8 Å². The number of likely N-dealkylation sites (tertiary alicyclic amines) is 1. The van der Waals surface area contributed by atoms with E-state index in [1.807, 2.05) is 42.2 Å². The summed E-state index contributed by atoms with van der Waals surface area (Å²) >= 11 is 0. The largest absolute Gasteiger partial charge is 0.342 e. The van der Waals surface area contributed by atoms with Gasteiger partial charge in [0.05, 0.1) is 11.7 Å². The van der Waals surface area contributed by atoms with Crippen molar-refractivity contribution in [2.24, 2.45) is 11.7 Å². The second-order valence-electron chi connectivity index (χ2n) is 6.70. The van der Waals surface area contributed by atoms with Crippen LogP contribution in [0.5, 0.6) is 0 Å². The molecule has 0 radical (unpaired) electrons. The average molecular weight is 368 g/mol. The first-order chi connectivity index (χ1) is 11.8. The molecule has 1 aromatic carbocycles. The van der Waals surface area contributed by atoms with Gasteiger partial charge in [-0.25, -0.2) is 12.7 Å². The number of carbonyl (C=O) groups excluding carboxylic acids is 1. The lowest BCUT2D eigenvalue weighted by atomic mass is 9.93. The number of amides is 1. The summed E-state index contributed by atoms with van der Waals surface area (Å²) in [6.07, 6.45) is 1.32. The molecule has 2 N–H and O–H groups in total. The van der Waals surface area contributed by atoms with Crippen LogP contribution in [0.1, 0.15) is 38.3 Å². The van der Waals surface area contributed by atoms with Crippen molar-refractivity contribution in [3.8, 4) is 0 Å². The van der Waals surface area contributed by atoms with Gasteiger partial charge in [0.1, 0.15) is 0 Å². The highest BCUT2D eigenvalue weighted by Crippen LogP contribution is 2.24. The molecule has 1 fully saturated rings. The number of nitrogens with two attached hydrogens (primary N) is 1. The highest BCUT2D eigenvalue weighted by atomic mass is 32.2. The summed E-state index contributed by atoms with van der Waals surface area (Å²) in [6.45, 7) is 4.65. The molecule has 0 aromatic heterocycles. The number of carbonyl (C=O) groups is 1. The number of rotatable bonds is 6. The lowest BCUT2D eigenvalue weighted by Crippen LogP contribution is -2.49. The van der Waals surface area contributed by atoms with E-state index in [-0.39, 0.29) is 29.7 Å². The van der Waals surface area contributed by atoms with Gasteiger partial charge in [-0.15, -0.1) is 0 Å². The average Bonchev–Trinajstić information content (AvgIpc) is 2.66. The summed E-state index contributed by atoms with van der Waals surface area (Å²) in [7, 11) is -1.56. The van der Waals surface area contributed by atoms with Gasteiger partial charge >= 0.3 is 0 Å². The van der Waals surface area contributed by atoms with Crippen molar-refractivity contribution in [2.75, 3.05) is 25.9 Å². The van der Waals surface area contributed by atoms with Gasteiger partial charge in [-0.2, -0.15) is 0 Å². The molecule has 25 heavy (non-hydrogen) atoms. The summed E-state index contributed by atoms with van der Waals surface area (Å²) < 4.78 is 25.5. The zero-order valence-electron chi connectivity index (χ0n) is 15.3. The number of piperidine rings is 1. The molecule has 1 aliphatic rings. The van der Waals surface area contributed by atoms with Crippen molar-refractivity contribution in [2.45, 2.75) is 38.8 Å². The molecular formula is C18H29N3O3S. The van der Waals surface area contributed by atoms with Gasteiger partial charge in [0.25, 0.3) is 0 Å². The Morgan fingerprint density at radius 2 is 1.84 bits per heavy atom. The van der Waals surface area contributed by atoms with E-state index in [1.165, 1.54) is 4.31 Å². The van der Waals surface area contributed by atoms with E-state index >= 15 is 0 Å². The number of sulfonamides is 1. The standard InChI is InChI=1S/C18H29N3O3S/c1-4-25(23,24)20(3)16-10-12-21(13-11-16)18(22)14(2)17(19)15-8-6-5-7-9-15/h5-9,14,16-17H,4,10-13,19H2,1-3H3. The molecule has 1 saturated heterocycles. The quantitative estimate of drug-likeness (QED) is 0.828. The van der Waals surface area contributed by atoms with Crippen LogP contribution >= 0.6 is 0 Å². The molecule has 140 valence electrons. The van der Waals surface area contributed by atoms with E-state index in [9.17, 15) is 13.2 Å². The fourth-order valence-electron chi connectivity index (χ4n) is 3.29. The maximum Gasteiger partial charge on any atom is 0.227 e. The molecule has 2 unspecified atom stereocenters. The first-order valence-corrected chi connectivity index (χ1v) is 10.4. The normalized spacial score (nSPS) is 19.0. The van der Waals surface area contributed by atoms with Crippen molar-refractivity contribution < 1.29 is 13.2 Å². The maximum atomic E-state index is 12.8. The van der Waals surface area contributed by atoms with Gasteiger partial charge in [-0.05, 0) is 25.3 Å². The SMILES string of the molecule is CCS(=O)(=O)N(C)C1CCN(C(=O)C(C)C(N)c2ccccc2)CC1. The molecule has 0 aliphatic carbocycles. The molecule has 0 bridgehead atoms. The second kappa shape index (κ2) is 8.29. The third-order valence-electron chi connectivity index (χ3n) is 5.21. The zero-order valence-corrected chi connectivity index (χ0v) is 16.1. The van der Waals surface area contributed by atoms with Gasteiger partial charge in [-0.1, -0.05) is 37.3 Å². The van der Waals surface area contributed by atoms with E-state index in [4.69, 9.17) is 5.73 Å². The summed E-state index contributed by atoms with van der Waals surface area (Å²) in [5.74, 6) is -0.169. The van der Waals surface area contributed by atoms with Crippen molar-refractivity contribution in [1.29, 1.82) is 0 Å². The van der Waals surface area contributed by atoms with Crippen molar-refractivity contribution in [1.82, 2.24) is 9.21 Å². The topological polar surface area (TPSA) is 83.7 Å². The minimum atomic E-state index is -3.19. The lowest BCUT2D eigenvalue weighted by molar-refractivity contribution is -0.137. The van der Waals surface area contributed by atoms with E-state index in [2.05, 4.69) is 0 Å². The van der Waals surface area contributed by atoms with Crippen LogP contribution in [0.2, 0.25) is 0 Å². The van der Waals surface area contributed by atoms with Crippen molar-refractivity contribution in [3.63, 3.8) is 0 Å². The summed E-state index contributed by atoms with van der Waals surface area (Å²) in [5, 5.41) is 0. The minimum Gasteiger partial charge on any atom is -0.342 e. The Bertz CT molecular complexity index is 670. The number of nitrogens with zero attached hydrogens (tertiary/aromatic N) is 2. The molecule has 1 heterocycles. The molecule has 1 aliphatic heterocycles. The monoisotopic (exact) mass is 367 g/mol. The van der Waals surface area contributed by atoms with E-state index < -0.39 is 10.0 Å². The van der Waals surface area contributed by atoms with Crippen LogP contribution in [0.25, 0.3) is 0 Å². The summed E-state index contributed by atoms with van der Waals surface area (Å²) in [6, 6.07) is 9.26. The zero-order chi connectivity index (χ0) is 18.6. The number of benzene rings is 1. The Labute approximate surface area is 151 Å². The molecule has 0 saturated carbocycles. The molecule has 0 spiro atoms. The Hall–Kier alpha value is -1.44. The van der Waals surface area contributed by atoms with E-state index in [0.29, 0.717) is 25.9 Å². The first-order valence-electron chi connectivity index (χ1n) is 8.83. The smallest absolute Gasteiger partial charge is 0.227 e. The molecule has 1 aromatic rings. The second-order valence-corrected chi connectivity index (χ2v) is 9.02. The van der Waals surface area contributed by atoms with Crippen LogP contribution < -0.4 is 5.73 Å². The molecule has 2 atom stereocenters. The van der Waals surface area contributed by atoms with Gasteiger partial charge in [0.15, 0.2) is 0 Å². The van der Waals surface area contributed by atoms with E-state index in [1.54, 1.807) is 14.0 Å². The Morgan fingerprint density at radius 3 is 2.36 bits per heavy atom. The first kappa shape index (κ1) is 19.9. The van der Waals surface area contributed by atoms with Gasteiger partial charge in [0, 0.05) is 32.2 Å². The Balaban J connectivity index is 1.95. The maximum absolute atomic E-state index is 12.8. The predicted octanol–water partition coefficient (Wildman–Crippen LogP) is 1.60. The van der Waals surface area contributed by atoms with Crippen LogP contribution in [0.4, 0.5) is 0 Å². The molecule has 7 heteroatoms. The van der Waals surface area contributed by atoms with Crippen LogP contribution in [0, 0.1) is 5.92 Å². The van der Waals surface area contributed by atoms with Gasteiger partial charge in [-0.3, -0.25) is 4.79 Å². The van der Waals surface area contributed by atoms with Crippen molar-refractivity contribution >= 4 is 15.9 Å². The van der Waals surface area contributed by atoms with Gasteiger partial charge in [0.2, 0.25) is 15.9 Å². The number of hydrogen-bond donors (Lipinski definition) is 1. The highest BCUT2D eigenvalue weighted by Gasteiger charge is 2.33. The van der Waals surface area contributed by atoms with Crippen LogP contribution in [0.15, 0.2) is 30.3 Å². The fourth-order valence-corrected chi connectivity index (χ4v) is 4.36. The molecular weight excluding hydrogens is 338 g/mol. The predicted molar refractivity (Wildman–Crippen MR) is 99.4 cm³/mol. The van der Waals surface area contributed by atoms with E-state index in [0.717, 1.165) is 5.56 Å². The fraction of sp³-hybridized carbons (Fsp3) is 0.611. The minimum absolute atomic E-state index is 0.0351. The molecule has 2 rings (SSSR count). The third kappa shape index (κ3) is 4.59. The van der Waals surface area contributed by atoms with Gasteiger partial charge < -0.3 is 10.6 Å². The summed E-state index contributed by atoms with van der Waals surface area (Å²) in [5.41, 5.74) is 7.21. The Kier molecular flexibility index (Phi) is 6.59.